The summed E-state index contributed by atoms with van der Waals surface area (Å²) < 4.78 is 33.1. The van der Waals surface area contributed by atoms with Gasteiger partial charge in [0.15, 0.2) is 6.19 Å². The lowest BCUT2D eigenvalue weighted by atomic mass is 10.3. The van der Waals surface area contributed by atoms with Gasteiger partial charge < -0.3 is 25.2 Å². The minimum atomic E-state index is -3.85. The number of rotatable bonds is 8. The smallest absolute Gasteiger partial charge is 0.244 e. The van der Waals surface area contributed by atoms with Gasteiger partial charge in [-0.25, -0.2) is 13.1 Å². The molecule has 1 unspecified atom stereocenters. The summed E-state index contributed by atoms with van der Waals surface area (Å²) in [4.78, 5) is 1.47. The third-order valence-electron chi connectivity index (χ3n) is 3.86. The Balaban J connectivity index is 2.18. The average Bonchev–Trinajstić information content (AvgIpc) is 3.06. The minimum Gasteiger partial charge on any atom is -0.495 e. The fraction of sp³-hybridized carbons (Fsp3) is 0.533. The summed E-state index contributed by atoms with van der Waals surface area (Å²) in [5, 5.41) is 30.0. The van der Waals surface area contributed by atoms with Crippen molar-refractivity contribution < 1.29 is 23.4 Å². The number of nitriles is 1. The predicted molar refractivity (Wildman–Crippen MR) is 90.5 cm³/mol. The Hall–Kier alpha value is -2.06. The third-order valence-corrected chi connectivity index (χ3v) is 5.40. The van der Waals surface area contributed by atoms with Crippen molar-refractivity contribution in [3.8, 4) is 11.9 Å². The van der Waals surface area contributed by atoms with Crippen molar-refractivity contribution in [1.82, 2.24) is 9.62 Å². The van der Waals surface area contributed by atoms with Crippen molar-refractivity contribution >= 4 is 15.7 Å². The molecule has 0 bridgehead atoms. The van der Waals surface area contributed by atoms with Crippen LogP contribution in [0.1, 0.15) is 6.42 Å². The third kappa shape index (κ3) is 4.96. The summed E-state index contributed by atoms with van der Waals surface area (Å²) in [6, 6.07) is 4.19. The van der Waals surface area contributed by atoms with Gasteiger partial charge in [-0.15, -0.1) is 0 Å². The molecule has 9 nitrogen and oxygen atoms in total. The molecule has 0 radical (unpaired) electrons. The molecule has 138 valence electrons. The van der Waals surface area contributed by atoms with Crippen LogP contribution in [0.3, 0.4) is 0 Å². The van der Waals surface area contributed by atoms with Crippen molar-refractivity contribution in [2.24, 2.45) is 0 Å². The zero-order chi connectivity index (χ0) is 18.4. The highest BCUT2D eigenvalue weighted by atomic mass is 32.2. The molecule has 1 heterocycles. The van der Waals surface area contributed by atoms with Crippen LogP contribution < -0.4 is 14.8 Å². The van der Waals surface area contributed by atoms with E-state index in [1.54, 1.807) is 6.07 Å². The van der Waals surface area contributed by atoms with Crippen LogP contribution in [-0.2, 0) is 10.0 Å². The summed E-state index contributed by atoms with van der Waals surface area (Å²) in [5.41, 5.74) is 0.471. The predicted octanol–water partition coefficient (Wildman–Crippen LogP) is -0.706. The van der Waals surface area contributed by atoms with Gasteiger partial charge in [0.1, 0.15) is 10.6 Å². The molecule has 0 aliphatic carbocycles. The van der Waals surface area contributed by atoms with Crippen molar-refractivity contribution in [2.45, 2.75) is 23.5 Å². The zero-order valence-electron chi connectivity index (χ0n) is 13.8. The lowest BCUT2D eigenvalue weighted by molar-refractivity contribution is 0.105. The number of nitrogens with zero attached hydrogens (tertiary/aromatic N) is 2. The van der Waals surface area contributed by atoms with Crippen LogP contribution in [-0.4, -0.2) is 69.0 Å². The molecule has 0 spiro atoms. The Labute approximate surface area is 146 Å². The zero-order valence-corrected chi connectivity index (χ0v) is 14.7. The number of likely N-dealkylation sites (tertiary alicyclic amines) is 1. The number of aliphatic hydroxyl groups excluding tert-OH is 2. The van der Waals surface area contributed by atoms with Crippen LogP contribution in [0.25, 0.3) is 0 Å². The normalized spacial score (nSPS) is 18.6. The summed E-state index contributed by atoms with van der Waals surface area (Å²) in [6.45, 7) is 0.530. The van der Waals surface area contributed by atoms with Crippen molar-refractivity contribution in [3.05, 3.63) is 18.2 Å². The van der Waals surface area contributed by atoms with Crippen LogP contribution >= 0.6 is 0 Å². The molecular weight excluding hydrogens is 348 g/mol. The Morgan fingerprint density at radius 1 is 1.52 bits per heavy atom. The first-order valence-corrected chi connectivity index (χ1v) is 9.25. The molecule has 1 saturated heterocycles. The second-order valence-electron chi connectivity index (χ2n) is 5.74. The molecule has 1 aromatic carbocycles. The Bertz CT molecular complexity index is 734. The highest BCUT2D eigenvalue weighted by molar-refractivity contribution is 7.89. The lowest BCUT2D eigenvalue weighted by Gasteiger charge is -2.17. The quantitative estimate of drug-likeness (QED) is 0.441. The SMILES string of the molecule is COc1ccc(NCC(O)CO)cc1S(=O)(=O)N[C@@H]1CCN(C#N)C1. The van der Waals surface area contributed by atoms with Crippen LogP contribution in [0.4, 0.5) is 5.69 Å². The van der Waals surface area contributed by atoms with Crippen LogP contribution in [0.5, 0.6) is 5.75 Å². The van der Waals surface area contributed by atoms with Gasteiger partial charge in [0.05, 0.1) is 19.8 Å². The molecule has 0 amide bonds. The van der Waals surface area contributed by atoms with Gasteiger partial charge in [0.2, 0.25) is 10.0 Å². The first-order valence-electron chi connectivity index (χ1n) is 7.77. The maximum Gasteiger partial charge on any atom is 0.244 e. The summed E-state index contributed by atoms with van der Waals surface area (Å²) in [6.07, 6.45) is 1.61. The van der Waals surface area contributed by atoms with Crippen molar-refractivity contribution in [3.63, 3.8) is 0 Å². The number of nitrogens with one attached hydrogen (secondary N) is 2. The lowest BCUT2D eigenvalue weighted by Crippen LogP contribution is -2.36. The summed E-state index contributed by atoms with van der Waals surface area (Å²) >= 11 is 0. The molecule has 1 fully saturated rings. The van der Waals surface area contributed by atoms with E-state index in [2.05, 4.69) is 10.0 Å². The van der Waals surface area contributed by atoms with Gasteiger partial charge in [-0.2, -0.15) is 5.26 Å². The van der Waals surface area contributed by atoms with Crippen LogP contribution in [0, 0.1) is 11.5 Å². The number of hydrogen-bond acceptors (Lipinski definition) is 8. The van der Waals surface area contributed by atoms with E-state index in [1.807, 2.05) is 6.19 Å². The number of methoxy groups -OCH3 is 1. The highest BCUT2D eigenvalue weighted by Crippen LogP contribution is 2.27. The largest absolute Gasteiger partial charge is 0.495 e. The molecule has 2 atom stereocenters. The molecule has 1 aliphatic heterocycles. The molecule has 0 aromatic heterocycles. The first kappa shape index (κ1) is 19.3. The molecule has 10 heteroatoms. The van der Waals surface area contributed by atoms with Gasteiger partial charge in [-0.1, -0.05) is 0 Å². The number of hydrogen-bond donors (Lipinski definition) is 4. The molecule has 4 N–H and O–H groups in total. The molecule has 1 aromatic rings. The molecule has 25 heavy (non-hydrogen) atoms. The summed E-state index contributed by atoms with van der Waals surface area (Å²) in [7, 11) is -2.47. The van der Waals surface area contributed by atoms with Crippen molar-refractivity contribution in [1.29, 1.82) is 5.26 Å². The maximum atomic E-state index is 12.7. The fourth-order valence-corrected chi connectivity index (χ4v) is 3.98. The van der Waals surface area contributed by atoms with Gasteiger partial charge >= 0.3 is 0 Å². The second kappa shape index (κ2) is 8.35. The Kier molecular flexibility index (Phi) is 6.44. The van der Waals surface area contributed by atoms with Crippen LogP contribution in [0.2, 0.25) is 0 Å². The number of anilines is 1. The maximum absolute atomic E-state index is 12.7. The molecule has 1 aliphatic rings. The van der Waals surface area contributed by atoms with E-state index in [4.69, 9.17) is 15.1 Å². The van der Waals surface area contributed by atoms with Gasteiger partial charge in [0, 0.05) is 31.4 Å². The van der Waals surface area contributed by atoms with Gasteiger partial charge in [-0.05, 0) is 24.6 Å². The first-order chi connectivity index (χ1) is 11.9. The average molecular weight is 370 g/mol. The monoisotopic (exact) mass is 370 g/mol. The second-order valence-corrected chi connectivity index (χ2v) is 7.42. The van der Waals surface area contributed by atoms with E-state index in [-0.39, 0.29) is 23.2 Å². The van der Waals surface area contributed by atoms with E-state index >= 15 is 0 Å². The standard InChI is InChI=1S/C15H22N4O5S/c1-24-14-3-2-11(17-7-13(21)9-20)6-15(14)25(22,23)18-12-4-5-19(8-12)10-16/h2-3,6,12-13,17-18,20-21H,4-5,7-9H2,1H3/t12-,13?/m1/s1. The topological polar surface area (TPSA) is 135 Å². The Morgan fingerprint density at radius 3 is 2.88 bits per heavy atom. The highest BCUT2D eigenvalue weighted by Gasteiger charge is 2.28. The number of sulfonamides is 1. The Morgan fingerprint density at radius 2 is 2.28 bits per heavy atom. The number of benzene rings is 1. The van der Waals surface area contributed by atoms with E-state index < -0.39 is 22.7 Å². The van der Waals surface area contributed by atoms with Crippen LogP contribution in [0.15, 0.2) is 23.1 Å². The van der Waals surface area contributed by atoms with E-state index in [9.17, 15) is 13.5 Å². The molecule has 2 rings (SSSR count). The fourth-order valence-electron chi connectivity index (χ4n) is 2.53. The van der Waals surface area contributed by atoms with Crippen molar-refractivity contribution in [2.75, 3.05) is 38.7 Å². The number of ether oxygens (including phenoxy) is 1. The minimum absolute atomic E-state index is 0.0334. The van der Waals surface area contributed by atoms with Gasteiger partial charge in [-0.3, -0.25) is 0 Å². The summed E-state index contributed by atoms with van der Waals surface area (Å²) in [5.74, 6) is 0.191. The van der Waals surface area contributed by atoms with E-state index in [0.717, 1.165) is 0 Å². The van der Waals surface area contributed by atoms with E-state index in [1.165, 1.54) is 24.1 Å². The molecule has 0 saturated carbocycles. The van der Waals surface area contributed by atoms with Gasteiger partial charge in [0.25, 0.3) is 0 Å². The van der Waals surface area contributed by atoms with E-state index in [0.29, 0.717) is 25.2 Å². The number of aliphatic hydroxyl groups is 2. The molecular formula is C15H22N4O5S.